The molecule has 1 N–H and O–H groups in total. The lowest BCUT2D eigenvalue weighted by molar-refractivity contribution is 0.625. The summed E-state index contributed by atoms with van der Waals surface area (Å²) >= 11 is 0. The molecule has 0 saturated heterocycles. The van der Waals surface area contributed by atoms with E-state index in [0.29, 0.717) is 12.4 Å². The lowest BCUT2D eigenvalue weighted by atomic mass is 10.1. The Morgan fingerprint density at radius 1 is 1.24 bits per heavy atom. The first-order chi connectivity index (χ1) is 10.2. The van der Waals surface area contributed by atoms with Crippen LogP contribution >= 0.6 is 0 Å². The summed E-state index contributed by atoms with van der Waals surface area (Å²) in [5.41, 5.74) is 2.84. The molecule has 0 atom stereocenters. The molecule has 0 bridgehead atoms. The van der Waals surface area contributed by atoms with E-state index in [9.17, 15) is 4.39 Å². The number of rotatable bonds is 4. The SMILES string of the molecule is Cc1ccc(F)cc1CNc1ccc(-n2cncn2)nc1. The van der Waals surface area contributed by atoms with Crippen LogP contribution in [0.3, 0.4) is 0 Å². The van der Waals surface area contributed by atoms with Crippen molar-refractivity contribution in [3.63, 3.8) is 0 Å². The topological polar surface area (TPSA) is 55.6 Å². The molecule has 3 aromatic rings. The van der Waals surface area contributed by atoms with Crippen LogP contribution in [0.2, 0.25) is 0 Å². The molecule has 106 valence electrons. The fourth-order valence-corrected chi connectivity index (χ4v) is 1.98. The maximum Gasteiger partial charge on any atom is 0.155 e. The molecule has 5 nitrogen and oxygen atoms in total. The number of anilines is 1. The Hall–Kier alpha value is -2.76. The maximum absolute atomic E-state index is 13.2. The molecule has 1 aromatic carbocycles. The molecular formula is C15H14FN5. The minimum Gasteiger partial charge on any atom is -0.380 e. The largest absolute Gasteiger partial charge is 0.380 e. The third-order valence-electron chi connectivity index (χ3n) is 3.20. The summed E-state index contributed by atoms with van der Waals surface area (Å²) in [4.78, 5) is 8.17. The molecule has 21 heavy (non-hydrogen) atoms. The molecular weight excluding hydrogens is 269 g/mol. The summed E-state index contributed by atoms with van der Waals surface area (Å²) in [5, 5.41) is 7.24. The number of nitrogens with one attached hydrogen (secondary N) is 1. The van der Waals surface area contributed by atoms with Gasteiger partial charge in [0.15, 0.2) is 5.82 Å². The van der Waals surface area contributed by atoms with Crippen LogP contribution in [0.4, 0.5) is 10.1 Å². The Balaban J connectivity index is 1.70. The molecule has 0 unspecified atom stereocenters. The monoisotopic (exact) mass is 283 g/mol. The zero-order chi connectivity index (χ0) is 14.7. The second-order valence-electron chi connectivity index (χ2n) is 4.67. The van der Waals surface area contributed by atoms with E-state index in [1.807, 2.05) is 19.1 Å². The second kappa shape index (κ2) is 5.70. The average molecular weight is 283 g/mol. The first-order valence-corrected chi connectivity index (χ1v) is 6.52. The minimum absolute atomic E-state index is 0.225. The number of aryl methyl sites for hydroxylation is 1. The predicted molar refractivity (Wildman–Crippen MR) is 77.6 cm³/mol. The van der Waals surface area contributed by atoms with Crippen LogP contribution in [0.1, 0.15) is 11.1 Å². The van der Waals surface area contributed by atoms with Gasteiger partial charge in [0.2, 0.25) is 0 Å². The third-order valence-corrected chi connectivity index (χ3v) is 3.20. The number of hydrogen-bond acceptors (Lipinski definition) is 4. The summed E-state index contributed by atoms with van der Waals surface area (Å²) in [6.07, 6.45) is 4.76. The van der Waals surface area contributed by atoms with E-state index in [4.69, 9.17) is 0 Å². The van der Waals surface area contributed by atoms with Crippen LogP contribution in [-0.4, -0.2) is 19.7 Å². The number of pyridine rings is 1. The van der Waals surface area contributed by atoms with Crippen molar-refractivity contribution in [1.29, 1.82) is 0 Å². The summed E-state index contributed by atoms with van der Waals surface area (Å²) in [7, 11) is 0. The highest BCUT2D eigenvalue weighted by molar-refractivity contribution is 5.44. The number of hydrogen-bond donors (Lipinski definition) is 1. The zero-order valence-corrected chi connectivity index (χ0v) is 11.5. The van der Waals surface area contributed by atoms with E-state index in [1.54, 1.807) is 29.3 Å². The summed E-state index contributed by atoms with van der Waals surface area (Å²) in [6.45, 7) is 2.51. The molecule has 0 aliphatic heterocycles. The van der Waals surface area contributed by atoms with Crippen LogP contribution in [-0.2, 0) is 6.54 Å². The second-order valence-corrected chi connectivity index (χ2v) is 4.67. The highest BCUT2D eigenvalue weighted by Crippen LogP contribution is 2.14. The van der Waals surface area contributed by atoms with Gasteiger partial charge in [0, 0.05) is 6.54 Å². The van der Waals surface area contributed by atoms with Gasteiger partial charge < -0.3 is 5.32 Å². The van der Waals surface area contributed by atoms with Crippen molar-refractivity contribution >= 4 is 5.69 Å². The molecule has 0 fully saturated rings. The Kier molecular flexibility index (Phi) is 3.59. The van der Waals surface area contributed by atoms with Gasteiger partial charge in [-0.1, -0.05) is 6.07 Å². The van der Waals surface area contributed by atoms with Crippen molar-refractivity contribution in [1.82, 2.24) is 19.7 Å². The van der Waals surface area contributed by atoms with Crippen LogP contribution in [0.25, 0.3) is 5.82 Å². The van der Waals surface area contributed by atoms with Crippen molar-refractivity contribution < 1.29 is 4.39 Å². The Labute approximate surface area is 121 Å². The first-order valence-electron chi connectivity index (χ1n) is 6.52. The maximum atomic E-state index is 13.2. The molecule has 3 rings (SSSR count). The zero-order valence-electron chi connectivity index (χ0n) is 11.5. The number of nitrogens with zero attached hydrogens (tertiary/aromatic N) is 4. The fourth-order valence-electron chi connectivity index (χ4n) is 1.98. The third kappa shape index (κ3) is 3.05. The van der Waals surface area contributed by atoms with E-state index in [1.165, 1.54) is 12.4 Å². The van der Waals surface area contributed by atoms with Gasteiger partial charge in [0.05, 0.1) is 11.9 Å². The van der Waals surface area contributed by atoms with Gasteiger partial charge in [-0.15, -0.1) is 0 Å². The fraction of sp³-hybridized carbons (Fsp3) is 0.133. The van der Waals surface area contributed by atoms with E-state index >= 15 is 0 Å². The van der Waals surface area contributed by atoms with Crippen LogP contribution in [0.5, 0.6) is 0 Å². The predicted octanol–water partition coefficient (Wildman–Crippen LogP) is 2.72. The van der Waals surface area contributed by atoms with Crippen molar-refractivity contribution in [2.45, 2.75) is 13.5 Å². The van der Waals surface area contributed by atoms with Crippen LogP contribution in [0.15, 0.2) is 49.2 Å². The van der Waals surface area contributed by atoms with E-state index in [-0.39, 0.29) is 5.82 Å². The summed E-state index contributed by atoms with van der Waals surface area (Å²) in [5.74, 6) is 0.469. The smallest absolute Gasteiger partial charge is 0.155 e. The lowest BCUT2D eigenvalue weighted by Gasteiger charge is -2.09. The number of halogens is 1. The van der Waals surface area contributed by atoms with Crippen LogP contribution < -0.4 is 5.32 Å². The van der Waals surface area contributed by atoms with Crippen molar-refractivity contribution in [2.24, 2.45) is 0 Å². The normalized spacial score (nSPS) is 10.6. The van der Waals surface area contributed by atoms with Crippen molar-refractivity contribution in [3.05, 3.63) is 66.1 Å². The minimum atomic E-state index is -0.225. The van der Waals surface area contributed by atoms with Gasteiger partial charge >= 0.3 is 0 Å². The average Bonchev–Trinajstić information content (AvgIpc) is 3.03. The Morgan fingerprint density at radius 2 is 2.14 bits per heavy atom. The van der Waals surface area contributed by atoms with Crippen LogP contribution in [0, 0.1) is 12.7 Å². The van der Waals surface area contributed by atoms with E-state index < -0.39 is 0 Å². The molecule has 6 heteroatoms. The molecule has 0 aliphatic carbocycles. The Bertz CT molecular complexity index is 722. The van der Waals surface area contributed by atoms with Gasteiger partial charge in [-0.3, -0.25) is 0 Å². The van der Waals surface area contributed by atoms with Gasteiger partial charge in [0.25, 0.3) is 0 Å². The van der Waals surface area contributed by atoms with Gasteiger partial charge in [-0.2, -0.15) is 5.10 Å². The number of benzene rings is 1. The Morgan fingerprint density at radius 3 is 2.86 bits per heavy atom. The molecule has 2 aromatic heterocycles. The van der Waals surface area contributed by atoms with Gasteiger partial charge in [-0.25, -0.2) is 19.0 Å². The molecule has 2 heterocycles. The molecule has 0 saturated carbocycles. The highest BCUT2D eigenvalue weighted by Gasteiger charge is 2.02. The van der Waals surface area contributed by atoms with Crippen molar-refractivity contribution in [2.75, 3.05) is 5.32 Å². The molecule has 0 amide bonds. The van der Waals surface area contributed by atoms with Gasteiger partial charge in [-0.05, 0) is 42.3 Å². The standard InChI is InChI=1S/C15H14FN5/c1-11-2-3-13(16)6-12(11)7-18-14-4-5-15(19-8-14)21-10-17-9-20-21/h2-6,8-10,18H,7H2,1H3. The number of aromatic nitrogens is 4. The van der Waals surface area contributed by atoms with E-state index in [0.717, 1.165) is 16.8 Å². The molecule has 0 spiro atoms. The molecule has 0 radical (unpaired) electrons. The van der Waals surface area contributed by atoms with Crippen molar-refractivity contribution in [3.8, 4) is 5.82 Å². The summed E-state index contributed by atoms with van der Waals surface area (Å²) in [6, 6.07) is 8.53. The quantitative estimate of drug-likeness (QED) is 0.800. The van der Waals surface area contributed by atoms with E-state index in [2.05, 4.69) is 20.4 Å². The first kappa shape index (κ1) is 13.2. The van der Waals surface area contributed by atoms with Gasteiger partial charge in [0.1, 0.15) is 18.5 Å². The summed E-state index contributed by atoms with van der Waals surface area (Å²) < 4.78 is 14.8. The highest BCUT2D eigenvalue weighted by atomic mass is 19.1. The lowest BCUT2D eigenvalue weighted by Crippen LogP contribution is -2.03. The molecule has 0 aliphatic rings.